The van der Waals surface area contributed by atoms with E-state index in [9.17, 15) is 10.5 Å². The minimum absolute atomic E-state index is 0.407. The summed E-state index contributed by atoms with van der Waals surface area (Å²) in [7, 11) is -1.44. The summed E-state index contributed by atoms with van der Waals surface area (Å²) in [6, 6.07) is 17.1. The lowest BCUT2D eigenvalue weighted by Gasteiger charge is -2.30. The predicted octanol–water partition coefficient (Wildman–Crippen LogP) is 9.45. The second kappa shape index (κ2) is 14.6. The number of nitrogens with zero attached hydrogens (tertiary/aromatic N) is 2. The van der Waals surface area contributed by atoms with Gasteiger partial charge in [0.2, 0.25) is 0 Å². The van der Waals surface area contributed by atoms with Gasteiger partial charge >= 0.3 is 0 Å². The molecule has 0 aliphatic carbocycles. The van der Waals surface area contributed by atoms with Crippen LogP contribution in [0, 0.1) is 22.7 Å². The Morgan fingerprint density at radius 1 is 0.611 bits per heavy atom. The van der Waals surface area contributed by atoms with Crippen LogP contribution in [0.5, 0.6) is 11.5 Å². The Hall–Kier alpha value is -2.12. The maximum Gasteiger partial charge on any atom is 0.134 e. The molecule has 0 amide bonds. The molecule has 0 N–H and O–H groups in total. The molecule has 0 spiro atoms. The molecule has 4 nitrogen and oxygen atoms in total. The van der Waals surface area contributed by atoms with E-state index in [-0.39, 0.29) is 0 Å². The molecular weight excluding hydrogens is 482 g/mol. The minimum Gasteiger partial charge on any atom is -0.473 e. The molecule has 6 heteroatoms. The fraction of sp³-hybridized carbons (Fsp3) is 0.533. The van der Waals surface area contributed by atoms with Gasteiger partial charge in [0.05, 0.1) is 28.4 Å². The lowest BCUT2D eigenvalue weighted by Crippen LogP contribution is -2.11. The molecule has 0 fully saturated rings. The van der Waals surface area contributed by atoms with Crippen molar-refractivity contribution in [3.63, 3.8) is 0 Å². The molecule has 0 saturated carbocycles. The lowest BCUT2D eigenvalue weighted by atomic mass is 9.96. The molecule has 0 radical (unpaired) electrons. The third-order valence-electron chi connectivity index (χ3n) is 5.92. The summed E-state index contributed by atoms with van der Waals surface area (Å²) in [5.41, 5.74) is 5.77. The van der Waals surface area contributed by atoms with E-state index in [1.54, 1.807) is 0 Å². The molecule has 0 aromatic heterocycles. The largest absolute Gasteiger partial charge is 0.473 e. The Bertz CT molecular complexity index is 966. The molecule has 2 aromatic carbocycles. The summed E-state index contributed by atoms with van der Waals surface area (Å²) in [5.74, 6) is 1.75. The molecule has 0 bridgehead atoms. The zero-order valence-corrected chi connectivity index (χ0v) is 25.0. The fourth-order valence-corrected chi connectivity index (χ4v) is 8.49. The second-order valence-electron chi connectivity index (χ2n) is 10.2. The Balaban J connectivity index is 2.78. The van der Waals surface area contributed by atoms with Gasteiger partial charge in [0.15, 0.2) is 0 Å². The highest BCUT2D eigenvalue weighted by atomic mass is 31.1. The molecule has 0 saturated heterocycles. The highest BCUT2D eigenvalue weighted by Crippen LogP contribution is 2.54. The summed E-state index contributed by atoms with van der Waals surface area (Å²) in [4.78, 5) is 0. The Labute approximate surface area is 221 Å². The van der Waals surface area contributed by atoms with E-state index in [0.29, 0.717) is 48.3 Å². The number of rotatable bonds is 13. The van der Waals surface area contributed by atoms with E-state index < -0.39 is 16.3 Å². The molecular formula is C30H42N2O2P2. The van der Waals surface area contributed by atoms with E-state index in [2.05, 4.69) is 104 Å². The number of para-hydroxylation sites is 2. The first kappa shape index (κ1) is 30.1. The SMILES string of the molecule is CC(C)P(Oc1c(CCC#N)cccc1-c1cccc(CCC#N)c1OP(C(C)C)C(C)C)C(C)C. The van der Waals surface area contributed by atoms with Crippen molar-refractivity contribution in [1.29, 1.82) is 10.5 Å². The van der Waals surface area contributed by atoms with Gasteiger partial charge in [0, 0.05) is 46.6 Å². The molecule has 0 unspecified atom stereocenters. The van der Waals surface area contributed by atoms with Crippen molar-refractivity contribution in [2.24, 2.45) is 0 Å². The normalized spacial score (nSPS) is 11.6. The van der Waals surface area contributed by atoms with Gasteiger partial charge in [-0.3, -0.25) is 0 Å². The third kappa shape index (κ3) is 7.94. The van der Waals surface area contributed by atoms with Crippen molar-refractivity contribution in [3.8, 4) is 34.8 Å². The van der Waals surface area contributed by atoms with E-state index in [4.69, 9.17) is 9.05 Å². The second-order valence-corrected chi connectivity index (χ2v) is 16.1. The number of aryl methyl sites for hydroxylation is 2. The van der Waals surface area contributed by atoms with Crippen LogP contribution in [0.3, 0.4) is 0 Å². The van der Waals surface area contributed by atoms with Gasteiger partial charge in [-0.1, -0.05) is 91.8 Å². The van der Waals surface area contributed by atoms with E-state index in [1.807, 2.05) is 0 Å². The number of hydrogen-bond acceptors (Lipinski definition) is 4. The average molecular weight is 525 g/mol. The highest BCUT2D eigenvalue weighted by Gasteiger charge is 2.27. The van der Waals surface area contributed by atoms with Gasteiger partial charge in [0.25, 0.3) is 0 Å². The van der Waals surface area contributed by atoms with Crippen LogP contribution in [0.4, 0.5) is 0 Å². The first-order valence-electron chi connectivity index (χ1n) is 13.0. The van der Waals surface area contributed by atoms with Crippen LogP contribution in [-0.4, -0.2) is 22.6 Å². The molecule has 0 atom stereocenters. The van der Waals surface area contributed by atoms with Crippen LogP contribution < -0.4 is 9.05 Å². The predicted molar refractivity (Wildman–Crippen MR) is 155 cm³/mol. The van der Waals surface area contributed by atoms with E-state index in [0.717, 1.165) is 33.8 Å². The van der Waals surface area contributed by atoms with Gasteiger partial charge in [0.1, 0.15) is 11.5 Å². The van der Waals surface area contributed by atoms with Crippen molar-refractivity contribution < 1.29 is 9.05 Å². The molecule has 0 heterocycles. The fourth-order valence-electron chi connectivity index (χ4n) is 4.41. The van der Waals surface area contributed by atoms with Gasteiger partial charge in [-0.15, -0.1) is 0 Å². The zero-order chi connectivity index (χ0) is 26.8. The number of hydrogen-bond donors (Lipinski definition) is 0. The molecule has 2 rings (SSSR count). The summed E-state index contributed by atoms with van der Waals surface area (Å²) in [5, 5.41) is 18.6. The minimum atomic E-state index is -0.719. The van der Waals surface area contributed by atoms with Crippen LogP contribution in [-0.2, 0) is 12.8 Å². The third-order valence-corrected chi connectivity index (χ3v) is 10.8. The maximum absolute atomic E-state index is 9.30. The molecule has 36 heavy (non-hydrogen) atoms. The first-order valence-corrected chi connectivity index (χ1v) is 15.8. The summed E-state index contributed by atoms with van der Waals surface area (Å²) < 4.78 is 13.8. The molecule has 0 aliphatic rings. The molecule has 0 aliphatic heterocycles. The van der Waals surface area contributed by atoms with Gasteiger partial charge < -0.3 is 9.05 Å². The van der Waals surface area contributed by atoms with Crippen LogP contribution in [0.15, 0.2) is 36.4 Å². The van der Waals surface area contributed by atoms with Crippen LogP contribution in [0.2, 0.25) is 0 Å². The van der Waals surface area contributed by atoms with Gasteiger partial charge in [-0.05, 0) is 24.0 Å². The van der Waals surface area contributed by atoms with Crippen molar-refractivity contribution >= 4 is 16.3 Å². The summed E-state index contributed by atoms with van der Waals surface area (Å²) in [6.45, 7) is 17.8. The summed E-state index contributed by atoms with van der Waals surface area (Å²) >= 11 is 0. The number of nitriles is 2. The van der Waals surface area contributed by atoms with Crippen LogP contribution in [0.25, 0.3) is 11.1 Å². The average Bonchev–Trinajstić information content (AvgIpc) is 2.82. The van der Waals surface area contributed by atoms with E-state index >= 15 is 0 Å². The smallest absolute Gasteiger partial charge is 0.134 e. The molecule has 2 aromatic rings. The van der Waals surface area contributed by atoms with Crippen molar-refractivity contribution in [2.75, 3.05) is 0 Å². The highest BCUT2D eigenvalue weighted by molar-refractivity contribution is 7.54. The zero-order valence-electron chi connectivity index (χ0n) is 23.2. The standard InChI is InChI=1S/C30H42N2O2P2/c1-21(2)35(22(3)4)33-29-25(15-11-19-31)13-9-17-27(29)28-18-10-14-26(16-12-20-32)30(28)34-36(23(5)6)24(7)8/h9-10,13-14,17-18,21-24H,11-12,15-16H2,1-8H3. The topological polar surface area (TPSA) is 66.0 Å². The first-order chi connectivity index (χ1) is 17.1. The lowest BCUT2D eigenvalue weighted by molar-refractivity contribution is 0.577. The quantitative estimate of drug-likeness (QED) is 0.245. The van der Waals surface area contributed by atoms with Crippen molar-refractivity contribution in [1.82, 2.24) is 0 Å². The van der Waals surface area contributed by atoms with Crippen molar-refractivity contribution in [3.05, 3.63) is 47.5 Å². The van der Waals surface area contributed by atoms with Crippen LogP contribution >= 0.6 is 16.3 Å². The monoisotopic (exact) mass is 524 g/mol. The Morgan fingerprint density at radius 2 is 0.944 bits per heavy atom. The van der Waals surface area contributed by atoms with Gasteiger partial charge in [-0.25, -0.2) is 0 Å². The van der Waals surface area contributed by atoms with Gasteiger partial charge in [-0.2, -0.15) is 10.5 Å². The van der Waals surface area contributed by atoms with E-state index in [1.165, 1.54) is 0 Å². The Kier molecular flexibility index (Phi) is 12.2. The van der Waals surface area contributed by atoms with Crippen LogP contribution in [0.1, 0.15) is 79.4 Å². The summed E-state index contributed by atoms with van der Waals surface area (Å²) in [6.07, 6.45) is 2.18. The number of benzene rings is 2. The Morgan fingerprint density at radius 3 is 1.22 bits per heavy atom. The maximum atomic E-state index is 9.30. The van der Waals surface area contributed by atoms with Crippen molar-refractivity contribution in [2.45, 2.75) is 104 Å². The molecule has 194 valence electrons.